The smallest absolute Gasteiger partial charge is 0.309 e. The van der Waals surface area contributed by atoms with Crippen LogP contribution in [-0.4, -0.2) is 29.9 Å². The molecular formula is C22H23ClN2O4. The molecule has 2 N–H and O–H groups in total. The summed E-state index contributed by atoms with van der Waals surface area (Å²) in [6.07, 6.45) is 0.910. The number of hydrogen-bond acceptors (Lipinski definition) is 4. The third-order valence-electron chi connectivity index (χ3n) is 4.60. The van der Waals surface area contributed by atoms with Gasteiger partial charge in [-0.2, -0.15) is 0 Å². The zero-order valence-electron chi connectivity index (χ0n) is 16.1. The Morgan fingerprint density at radius 1 is 1.07 bits per heavy atom. The normalized spacial score (nSPS) is 15.1. The van der Waals surface area contributed by atoms with E-state index in [1.54, 1.807) is 24.3 Å². The van der Waals surface area contributed by atoms with Crippen molar-refractivity contribution in [1.82, 2.24) is 10.6 Å². The minimum absolute atomic E-state index is 0.110. The summed E-state index contributed by atoms with van der Waals surface area (Å²) >= 11 is 6.11. The largest absolute Gasteiger partial charge is 0.452 e. The molecule has 0 aliphatic heterocycles. The maximum absolute atomic E-state index is 12.7. The van der Waals surface area contributed by atoms with E-state index in [0.717, 1.165) is 18.4 Å². The standard InChI is InChI=1S/C22H23ClN2O4/c1-14(21(27)24-16-11-12-16)29-20(26)13-19(15-7-3-2-4-8-15)25-22(28)17-9-5-6-10-18(17)23/h2-10,14,16,19H,11-13H2,1H3,(H,24,27)(H,25,28)/t14-,19-/m0/s1. The number of carbonyl (C=O) groups is 3. The van der Waals surface area contributed by atoms with Crippen LogP contribution in [0.3, 0.4) is 0 Å². The number of esters is 1. The van der Waals surface area contributed by atoms with E-state index in [1.165, 1.54) is 6.92 Å². The fourth-order valence-corrected chi connectivity index (χ4v) is 3.05. The molecular weight excluding hydrogens is 392 g/mol. The summed E-state index contributed by atoms with van der Waals surface area (Å²) in [5.41, 5.74) is 1.07. The van der Waals surface area contributed by atoms with Crippen molar-refractivity contribution in [3.63, 3.8) is 0 Å². The first-order valence-corrected chi connectivity index (χ1v) is 9.92. The molecule has 2 atom stereocenters. The van der Waals surface area contributed by atoms with Crippen LogP contribution in [0.2, 0.25) is 5.02 Å². The Bertz CT molecular complexity index is 883. The Kier molecular flexibility index (Phi) is 6.88. The lowest BCUT2D eigenvalue weighted by atomic mass is 10.0. The summed E-state index contributed by atoms with van der Waals surface area (Å²) in [7, 11) is 0. The molecule has 0 spiro atoms. The van der Waals surface area contributed by atoms with E-state index in [4.69, 9.17) is 16.3 Å². The van der Waals surface area contributed by atoms with Crippen molar-refractivity contribution in [3.05, 3.63) is 70.7 Å². The Labute approximate surface area is 174 Å². The molecule has 29 heavy (non-hydrogen) atoms. The molecule has 2 amide bonds. The number of amides is 2. The van der Waals surface area contributed by atoms with E-state index in [9.17, 15) is 14.4 Å². The van der Waals surface area contributed by atoms with Gasteiger partial charge in [0, 0.05) is 6.04 Å². The summed E-state index contributed by atoms with van der Waals surface area (Å²) in [5, 5.41) is 5.97. The monoisotopic (exact) mass is 414 g/mol. The molecule has 0 aromatic heterocycles. The Balaban J connectivity index is 1.67. The molecule has 3 rings (SSSR count). The quantitative estimate of drug-likeness (QED) is 0.648. The highest BCUT2D eigenvalue weighted by Gasteiger charge is 2.28. The molecule has 0 heterocycles. The van der Waals surface area contributed by atoms with Crippen LogP contribution in [-0.2, 0) is 14.3 Å². The molecule has 7 heteroatoms. The number of ether oxygens (including phenoxy) is 1. The lowest BCUT2D eigenvalue weighted by molar-refractivity contribution is -0.155. The van der Waals surface area contributed by atoms with Crippen molar-refractivity contribution >= 4 is 29.4 Å². The van der Waals surface area contributed by atoms with Gasteiger partial charge in [0.1, 0.15) is 0 Å². The van der Waals surface area contributed by atoms with Gasteiger partial charge in [-0.1, -0.05) is 54.1 Å². The number of halogens is 1. The molecule has 0 unspecified atom stereocenters. The average molecular weight is 415 g/mol. The fraction of sp³-hybridized carbons (Fsp3) is 0.318. The number of benzene rings is 2. The van der Waals surface area contributed by atoms with Crippen molar-refractivity contribution in [2.24, 2.45) is 0 Å². The summed E-state index contributed by atoms with van der Waals surface area (Å²) in [5.74, 6) is -1.27. The maximum atomic E-state index is 12.7. The van der Waals surface area contributed by atoms with Gasteiger partial charge in [0.15, 0.2) is 6.10 Å². The molecule has 0 radical (unpaired) electrons. The highest BCUT2D eigenvalue weighted by atomic mass is 35.5. The topological polar surface area (TPSA) is 84.5 Å². The van der Waals surface area contributed by atoms with E-state index in [0.29, 0.717) is 10.6 Å². The highest BCUT2D eigenvalue weighted by Crippen LogP contribution is 2.22. The van der Waals surface area contributed by atoms with Crippen molar-refractivity contribution in [2.75, 3.05) is 0 Å². The third-order valence-corrected chi connectivity index (χ3v) is 4.93. The van der Waals surface area contributed by atoms with Crippen molar-refractivity contribution in [1.29, 1.82) is 0 Å². The van der Waals surface area contributed by atoms with Crippen LogP contribution in [0, 0.1) is 0 Å². The first-order chi connectivity index (χ1) is 13.9. The van der Waals surface area contributed by atoms with E-state index >= 15 is 0 Å². The molecule has 0 saturated heterocycles. The number of hydrogen-bond donors (Lipinski definition) is 2. The first kappa shape index (κ1) is 20.9. The molecule has 1 aliphatic rings. The molecule has 0 bridgehead atoms. The Morgan fingerprint density at radius 2 is 1.72 bits per heavy atom. The molecule has 1 aliphatic carbocycles. The fourth-order valence-electron chi connectivity index (χ4n) is 2.83. The van der Waals surface area contributed by atoms with Crippen LogP contribution in [0.15, 0.2) is 54.6 Å². The molecule has 2 aromatic carbocycles. The number of carbonyl (C=O) groups excluding carboxylic acids is 3. The Hall–Kier alpha value is -2.86. The van der Waals surface area contributed by atoms with Crippen LogP contribution in [0.25, 0.3) is 0 Å². The highest BCUT2D eigenvalue weighted by molar-refractivity contribution is 6.33. The van der Waals surface area contributed by atoms with E-state index in [1.807, 2.05) is 30.3 Å². The summed E-state index contributed by atoms with van der Waals surface area (Å²) in [6, 6.07) is 15.4. The molecule has 1 fully saturated rings. The second kappa shape index (κ2) is 9.56. The average Bonchev–Trinajstić information content (AvgIpc) is 3.52. The number of nitrogens with one attached hydrogen (secondary N) is 2. The van der Waals surface area contributed by atoms with Crippen molar-refractivity contribution in [2.45, 2.75) is 44.4 Å². The third kappa shape index (κ3) is 6.06. The SMILES string of the molecule is C[C@H](OC(=O)C[C@H](NC(=O)c1ccccc1Cl)c1ccccc1)C(=O)NC1CC1. The van der Waals surface area contributed by atoms with Gasteiger partial charge in [0.25, 0.3) is 11.8 Å². The van der Waals surface area contributed by atoms with Gasteiger partial charge in [0.05, 0.1) is 23.0 Å². The van der Waals surface area contributed by atoms with E-state index in [-0.39, 0.29) is 18.4 Å². The van der Waals surface area contributed by atoms with Crippen LogP contribution in [0.4, 0.5) is 0 Å². The molecule has 2 aromatic rings. The summed E-state index contributed by atoms with van der Waals surface area (Å²) in [6.45, 7) is 1.54. The lowest BCUT2D eigenvalue weighted by Gasteiger charge is -2.20. The van der Waals surface area contributed by atoms with Gasteiger partial charge >= 0.3 is 5.97 Å². The molecule has 6 nitrogen and oxygen atoms in total. The van der Waals surface area contributed by atoms with Crippen LogP contribution in [0.1, 0.15) is 48.1 Å². The van der Waals surface area contributed by atoms with E-state index in [2.05, 4.69) is 10.6 Å². The predicted octanol–water partition coefficient (Wildman–Crippen LogP) is 3.41. The van der Waals surface area contributed by atoms with Gasteiger partial charge < -0.3 is 15.4 Å². The van der Waals surface area contributed by atoms with Gasteiger partial charge in [-0.3, -0.25) is 14.4 Å². The van der Waals surface area contributed by atoms with Crippen molar-refractivity contribution < 1.29 is 19.1 Å². The first-order valence-electron chi connectivity index (χ1n) is 9.54. The maximum Gasteiger partial charge on any atom is 0.309 e. The lowest BCUT2D eigenvalue weighted by Crippen LogP contribution is -2.38. The summed E-state index contributed by atoms with van der Waals surface area (Å²) < 4.78 is 5.28. The van der Waals surface area contributed by atoms with E-state index < -0.39 is 24.0 Å². The zero-order chi connectivity index (χ0) is 20.8. The van der Waals surface area contributed by atoms with Gasteiger partial charge in [-0.05, 0) is 37.5 Å². The second-order valence-corrected chi connectivity index (χ2v) is 7.44. The number of rotatable bonds is 8. The Morgan fingerprint density at radius 3 is 2.38 bits per heavy atom. The molecule has 1 saturated carbocycles. The van der Waals surface area contributed by atoms with Gasteiger partial charge in [-0.15, -0.1) is 0 Å². The predicted molar refractivity (Wildman–Crippen MR) is 109 cm³/mol. The van der Waals surface area contributed by atoms with Crippen LogP contribution < -0.4 is 10.6 Å². The summed E-state index contributed by atoms with van der Waals surface area (Å²) in [4.78, 5) is 37.1. The second-order valence-electron chi connectivity index (χ2n) is 7.04. The minimum atomic E-state index is -0.890. The van der Waals surface area contributed by atoms with Crippen molar-refractivity contribution in [3.8, 4) is 0 Å². The van der Waals surface area contributed by atoms with Crippen LogP contribution in [0.5, 0.6) is 0 Å². The zero-order valence-corrected chi connectivity index (χ0v) is 16.8. The molecule has 152 valence electrons. The van der Waals surface area contributed by atoms with Gasteiger partial charge in [0.2, 0.25) is 0 Å². The minimum Gasteiger partial charge on any atom is -0.452 e. The van der Waals surface area contributed by atoms with Crippen LogP contribution >= 0.6 is 11.6 Å². The van der Waals surface area contributed by atoms with Gasteiger partial charge in [-0.25, -0.2) is 0 Å².